The summed E-state index contributed by atoms with van der Waals surface area (Å²) in [5.74, 6) is 1.75. The van der Waals surface area contributed by atoms with Crippen molar-refractivity contribution in [1.82, 2.24) is 9.80 Å². The van der Waals surface area contributed by atoms with E-state index in [4.69, 9.17) is 25.8 Å². The largest absolute Gasteiger partial charge is 0.497 e. The minimum atomic E-state index is 0.0207. The first-order valence-corrected chi connectivity index (χ1v) is 11.8. The summed E-state index contributed by atoms with van der Waals surface area (Å²) in [4.78, 5) is 5.09. The molecule has 1 unspecified atom stereocenters. The molecule has 1 aliphatic heterocycles. The summed E-state index contributed by atoms with van der Waals surface area (Å²) in [5, 5.41) is 0.790. The van der Waals surface area contributed by atoms with Crippen LogP contribution in [0.2, 0.25) is 0 Å². The van der Waals surface area contributed by atoms with Crippen LogP contribution in [0.15, 0.2) is 71.3 Å². The highest BCUT2D eigenvalue weighted by atomic mass is 35.5. The molecular weight excluding hydrogens is 436 g/mol. The van der Waals surface area contributed by atoms with Crippen LogP contribution in [-0.4, -0.2) is 56.5 Å². The molecule has 1 fully saturated rings. The monoisotopic (exact) mass is 468 g/mol. The Kier molecular flexibility index (Phi) is 8.10. The van der Waals surface area contributed by atoms with Gasteiger partial charge in [-0.25, -0.2) is 0 Å². The zero-order valence-electron chi connectivity index (χ0n) is 19.7. The summed E-state index contributed by atoms with van der Waals surface area (Å²) in [6.45, 7) is 3.74. The predicted molar refractivity (Wildman–Crippen MR) is 133 cm³/mol. The van der Waals surface area contributed by atoms with Crippen molar-refractivity contribution in [1.29, 1.82) is 0 Å². The summed E-state index contributed by atoms with van der Waals surface area (Å²) in [5.41, 5.74) is 3.75. The maximum atomic E-state index is 6.50. The molecule has 0 amide bonds. The Balaban J connectivity index is 1.64. The van der Waals surface area contributed by atoms with E-state index >= 15 is 0 Å². The maximum absolute atomic E-state index is 6.50. The van der Waals surface area contributed by atoms with E-state index in [1.165, 1.54) is 16.7 Å². The Bertz CT molecular complexity index is 914. The number of rotatable bonds is 8. The van der Waals surface area contributed by atoms with Crippen LogP contribution in [0, 0.1) is 0 Å². The third-order valence-electron chi connectivity index (χ3n) is 6.46. The van der Waals surface area contributed by atoms with E-state index in [1.807, 2.05) is 30.3 Å². The van der Waals surface area contributed by atoms with Gasteiger partial charge in [0.05, 0.1) is 26.5 Å². The van der Waals surface area contributed by atoms with Gasteiger partial charge in [-0.3, -0.25) is 9.80 Å². The van der Waals surface area contributed by atoms with Crippen molar-refractivity contribution in [3.05, 3.63) is 82.4 Å². The van der Waals surface area contributed by atoms with Crippen LogP contribution in [0.25, 0.3) is 0 Å². The molecule has 2 aromatic rings. The molecule has 6 heteroatoms. The van der Waals surface area contributed by atoms with Crippen molar-refractivity contribution in [2.45, 2.75) is 38.2 Å². The van der Waals surface area contributed by atoms with E-state index in [1.54, 1.807) is 21.3 Å². The van der Waals surface area contributed by atoms with Crippen molar-refractivity contribution < 1.29 is 14.2 Å². The summed E-state index contributed by atoms with van der Waals surface area (Å²) < 4.78 is 16.6. The van der Waals surface area contributed by atoms with Crippen LogP contribution < -0.4 is 9.47 Å². The number of halogens is 1. The lowest BCUT2D eigenvalue weighted by Crippen LogP contribution is -2.55. The minimum Gasteiger partial charge on any atom is -0.497 e. The smallest absolute Gasteiger partial charge is 0.118 e. The van der Waals surface area contributed by atoms with E-state index in [9.17, 15) is 0 Å². The van der Waals surface area contributed by atoms with Gasteiger partial charge in [0.1, 0.15) is 11.5 Å². The molecule has 1 atom stereocenters. The number of hydrogen-bond acceptors (Lipinski definition) is 5. The first-order chi connectivity index (χ1) is 16.1. The van der Waals surface area contributed by atoms with Gasteiger partial charge in [0.15, 0.2) is 0 Å². The van der Waals surface area contributed by atoms with Crippen LogP contribution in [0.1, 0.15) is 24.0 Å². The minimum absolute atomic E-state index is 0.0207. The van der Waals surface area contributed by atoms with E-state index in [2.05, 4.69) is 40.1 Å². The van der Waals surface area contributed by atoms with Crippen molar-refractivity contribution >= 4 is 11.6 Å². The van der Waals surface area contributed by atoms with E-state index in [0.29, 0.717) is 0 Å². The van der Waals surface area contributed by atoms with Gasteiger partial charge < -0.3 is 14.2 Å². The zero-order valence-corrected chi connectivity index (χ0v) is 20.4. The molecule has 0 bridgehead atoms. The summed E-state index contributed by atoms with van der Waals surface area (Å²) >= 11 is 6.50. The van der Waals surface area contributed by atoms with Crippen molar-refractivity contribution in [3.63, 3.8) is 0 Å². The molecule has 2 aromatic carbocycles. The molecule has 1 saturated heterocycles. The van der Waals surface area contributed by atoms with E-state index in [-0.39, 0.29) is 12.3 Å². The number of nitrogens with zero attached hydrogens (tertiary/aromatic N) is 2. The fraction of sp³-hybridized carbons (Fsp3) is 0.407. The molecule has 0 spiro atoms. The highest BCUT2D eigenvalue weighted by molar-refractivity contribution is 6.31. The van der Waals surface area contributed by atoms with Crippen LogP contribution in [0.5, 0.6) is 11.5 Å². The molecule has 0 saturated carbocycles. The lowest BCUT2D eigenvalue weighted by Gasteiger charge is -2.47. The maximum Gasteiger partial charge on any atom is 0.118 e. The molecule has 33 heavy (non-hydrogen) atoms. The number of allylic oxidation sites excluding steroid dienone is 2. The van der Waals surface area contributed by atoms with Gasteiger partial charge in [-0.1, -0.05) is 41.9 Å². The Hall–Kier alpha value is -2.31. The Morgan fingerprint density at radius 2 is 1.33 bits per heavy atom. The van der Waals surface area contributed by atoms with Crippen LogP contribution in [0.4, 0.5) is 0 Å². The number of benzene rings is 2. The fourth-order valence-corrected chi connectivity index (χ4v) is 4.99. The summed E-state index contributed by atoms with van der Waals surface area (Å²) in [6.07, 6.45) is 6.19. The first kappa shape index (κ1) is 23.8. The second-order valence-electron chi connectivity index (χ2n) is 8.56. The van der Waals surface area contributed by atoms with Gasteiger partial charge >= 0.3 is 0 Å². The van der Waals surface area contributed by atoms with Crippen molar-refractivity contribution in [2.75, 3.05) is 34.4 Å². The lowest BCUT2D eigenvalue weighted by atomic mass is 9.94. The summed E-state index contributed by atoms with van der Waals surface area (Å²) in [7, 11) is 5.19. The summed E-state index contributed by atoms with van der Waals surface area (Å²) in [6, 6.07) is 16.7. The molecule has 176 valence electrons. The van der Waals surface area contributed by atoms with Crippen molar-refractivity contribution in [3.8, 4) is 11.5 Å². The number of methoxy groups -OCH3 is 3. The van der Waals surface area contributed by atoms with Gasteiger partial charge in [-0.15, -0.1) is 0 Å². The standard InChI is InChI=1S/C27H33ClN2O3/c1-31-23-10-5-20(6-11-23)18-29-15-4-16-30(19-21-7-12-24(32-2)13-8-21)27(29)25-17-22(28)9-14-26(25)33-3/h5-13,17,26-27H,4,14-16,18-19H2,1-3H3. The molecular formula is C27H33ClN2O3. The molecule has 5 nitrogen and oxygen atoms in total. The first-order valence-electron chi connectivity index (χ1n) is 11.4. The van der Waals surface area contributed by atoms with Crippen molar-refractivity contribution in [2.24, 2.45) is 0 Å². The van der Waals surface area contributed by atoms with Gasteiger partial charge in [0, 0.05) is 38.3 Å². The quantitative estimate of drug-likeness (QED) is 0.531. The number of ether oxygens (including phenoxy) is 3. The Morgan fingerprint density at radius 1 is 0.818 bits per heavy atom. The second-order valence-corrected chi connectivity index (χ2v) is 8.99. The van der Waals surface area contributed by atoms with Gasteiger partial charge in [0.25, 0.3) is 0 Å². The molecule has 2 aliphatic rings. The third kappa shape index (κ3) is 5.79. The van der Waals surface area contributed by atoms with Crippen LogP contribution in [-0.2, 0) is 17.8 Å². The average Bonchev–Trinajstić information content (AvgIpc) is 2.85. The highest BCUT2D eigenvalue weighted by Gasteiger charge is 2.36. The van der Waals surface area contributed by atoms with Crippen LogP contribution >= 0.6 is 11.6 Å². The van der Waals surface area contributed by atoms with Gasteiger partial charge in [-0.2, -0.15) is 0 Å². The third-order valence-corrected chi connectivity index (χ3v) is 6.72. The molecule has 1 heterocycles. The van der Waals surface area contributed by atoms with E-state index < -0.39 is 0 Å². The molecule has 1 aliphatic carbocycles. The Morgan fingerprint density at radius 3 is 1.79 bits per heavy atom. The van der Waals surface area contributed by atoms with Gasteiger partial charge in [0.2, 0.25) is 0 Å². The Labute approximate surface area is 202 Å². The topological polar surface area (TPSA) is 34.2 Å². The number of hydrogen-bond donors (Lipinski definition) is 0. The average molecular weight is 469 g/mol. The second kappa shape index (κ2) is 11.2. The predicted octanol–water partition coefficient (Wildman–Crippen LogP) is 5.21. The lowest BCUT2D eigenvalue weighted by molar-refractivity contribution is -0.00376. The highest BCUT2D eigenvalue weighted by Crippen LogP contribution is 2.33. The molecule has 0 aromatic heterocycles. The zero-order chi connectivity index (χ0) is 23.2. The molecule has 4 rings (SSSR count). The fourth-order valence-electron chi connectivity index (χ4n) is 4.78. The van der Waals surface area contributed by atoms with Crippen LogP contribution in [0.3, 0.4) is 0 Å². The van der Waals surface area contributed by atoms with E-state index in [0.717, 1.165) is 55.6 Å². The normalized spacial score (nSPS) is 20.3. The van der Waals surface area contributed by atoms with Gasteiger partial charge in [-0.05, 0) is 59.9 Å². The molecule has 0 radical (unpaired) electrons. The molecule has 0 N–H and O–H groups in total. The SMILES string of the molecule is COc1ccc(CN2CCCN(Cc3ccc(OC)cc3)C2C2=CC(Cl)=CCC2OC)cc1.